The SMILES string of the molecule is CC.CC.CCCC.CCCCCCCCC.CCCCCCCCC(=O)OCC(CC=O)CC(=O)OCC1CCCN1C(=O)OCCC.CCCCCCCCOC.CCCCCCCCOC(=O)CC(COC=O)CC(=O)O. The number of carbonyl (C=O) groups excluding carboxylic acids is 6. The minimum Gasteiger partial charge on any atom is -0.481 e. The summed E-state index contributed by atoms with van der Waals surface area (Å²) in [6.45, 7) is 27.9. The van der Waals surface area contributed by atoms with Crippen molar-refractivity contribution < 1.29 is 67.1 Å². The Balaban J connectivity index is -0.000000243. The predicted molar refractivity (Wildman–Crippen MR) is 329 cm³/mol. The number of nitrogens with zero attached hydrogens (tertiary/aromatic N) is 1. The molecule has 80 heavy (non-hydrogen) atoms. The highest BCUT2D eigenvalue weighted by molar-refractivity contribution is 5.73. The van der Waals surface area contributed by atoms with Crippen molar-refractivity contribution in [3.8, 4) is 0 Å². The fourth-order valence-electron chi connectivity index (χ4n) is 7.72. The Labute approximate surface area is 491 Å². The van der Waals surface area contributed by atoms with E-state index < -0.39 is 29.7 Å². The Morgan fingerprint density at radius 1 is 0.487 bits per heavy atom. The first-order valence-corrected chi connectivity index (χ1v) is 32.5. The molecule has 478 valence electrons. The molecule has 3 unspecified atom stereocenters. The van der Waals surface area contributed by atoms with Crippen LogP contribution in [0.15, 0.2) is 0 Å². The molecule has 1 aliphatic heterocycles. The highest BCUT2D eigenvalue weighted by atomic mass is 16.6. The van der Waals surface area contributed by atoms with Crippen molar-refractivity contribution in [1.82, 2.24) is 4.90 Å². The van der Waals surface area contributed by atoms with Gasteiger partial charge >= 0.3 is 30.0 Å². The first-order valence-electron chi connectivity index (χ1n) is 32.5. The number of carboxylic acid groups (broad SMARTS) is 1. The molecule has 0 radical (unpaired) electrons. The Morgan fingerprint density at radius 2 is 0.938 bits per heavy atom. The number of amides is 1. The Bertz CT molecular complexity index is 1290. The zero-order valence-corrected chi connectivity index (χ0v) is 54.3. The number of methoxy groups -OCH3 is 1. The summed E-state index contributed by atoms with van der Waals surface area (Å²) in [5, 5.41) is 8.72. The van der Waals surface area contributed by atoms with Crippen LogP contribution in [0.4, 0.5) is 4.79 Å². The third-order valence-electron chi connectivity index (χ3n) is 12.6. The summed E-state index contributed by atoms with van der Waals surface area (Å²) in [5.41, 5.74) is 0. The molecule has 3 atom stereocenters. The number of hydrogen-bond donors (Lipinski definition) is 1. The molecule has 15 nitrogen and oxygen atoms in total. The zero-order chi connectivity index (χ0) is 61.6. The molecule has 0 bridgehead atoms. The van der Waals surface area contributed by atoms with Gasteiger partial charge in [-0.2, -0.15) is 0 Å². The molecule has 1 rings (SSSR count). The van der Waals surface area contributed by atoms with E-state index in [1.54, 1.807) is 12.0 Å². The minimum absolute atomic E-state index is 0.00393. The van der Waals surface area contributed by atoms with Crippen molar-refractivity contribution >= 4 is 42.7 Å². The lowest BCUT2D eigenvalue weighted by Crippen LogP contribution is -2.39. The summed E-state index contributed by atoms with van der Waals surface area (Å²) in [7, 11) is 1.77. The maximum Gasteiger partial charge on any atom is 0.410 e. The number of aldehydes is 1. The van der Waals surface area contributed by atoms with Gasteiger partial charge in [-0.05, 0) is 38.5 Å². The second-order valence-electron chi connectivity index (χ2n) is 20.1. The van der Waals surface area contributed by atoms with Crippen LogP contribution in [0.3, 0.4) is 0 Å². The van der Waals surface area contributed by atoms with E-state index in [1.165, 1.54) is 135 Å². The molecule has 0 aliphatic carbocycles. The van der Waals surface area contributed by atoms with Crippen LogP contribution in [0.5, 0.6) is 0 Å². The van der Waals surface area contributed by atoms with Gasteiger partial charge in [-0.25, -0.2) is 4.79 Å². The largest absolute Gasteiger partial charge is 0.481 e. The Morgan fingerprint density at radius 3 is 1.38 bits per heavy atom. The molecule has 0 aromatic heterocycles. The average Bonchev–Trinajstić information content (AvgIpc) is 3.95. The average molecular weight is 1150 g/mol. The van der Waals surface area contributed by atoms with Gasteiger partial charge < -0.3 is 43.2 Å². The normalized spacial score (nSPS) is 12.6. The molecule has 1 fully saturated rings. The van der Waals surface area contributed by atoms with Gasteiger partial charge in [0.15, 0.2) is 0 Å². The molecule has 0 aromatic rings. The minimum atomic E-state index is -1.03. The fourth-order valence-corrected chi connectivity index (χ4v) is 7.72. The molecule has 15 heteroatoms. The van der Waals surface area contributed by atoms with Crippen molar-refractivity contribution in [2.75, 3.05) is 53.3 Å². The first kappa shape index (κ1) is 87.5. The number of carbonyl (C=O) groups is 7. The van der Waals surface area contributed by atoms with Crippen LogP contribution in [0.2, 0.25) is 0 Å². The van der Waals surface area contributed by atoms with Gasteiger partial charge in [-0.15, -0.1) is 0 Å². The fraction of sp³-hybridized carbons (Fsp3) is 0.892. The molecule has 0 saturated carbocycles. The van der Waals surface area contributed by atoms with Crippen molar-refractivity contribution in [1.29, 1.82) is 0 Å². The van der Waals surface area contributed by atoms with Crippen LogP contribution in [0.25, 0.3) is 0 Å². The zero-order valence-electron chi connectivity index (χ0n) is 54.3. The summed E-state index contributed by atoms with van der Waals surface area (Å²) in [6, 6.07) is -0.192. The van der Waals surface area contributed by atoms with E-state index in [0.717, 1.165) is 70.7 Å². The number of esters is 3. The van der Waals surface area contributed by atoms with Crippen LogP contribution in [0.1, 0.15) is 308 Å². The number of carboxylic acids is 1. The number of aliphatic carboxylic acids is 1. The number of rotatable bonds is 45. The van der Waals surface area contributed by atoms with Crippen molar-refractivity contribution in [3.05, 3.63) is 0 Å². The first-order chi connectivity index (χ1) is 38.8. The summed E-state index contributed by atoms with van der Waals surface area (Å²) in [6.07, 6.45) is 36.7. The Kier molecular flexibility index (Phi) is 84.6. The van der Waals surface area contributed by atoms with E-state index in [0.29, 0.717) is 26.2 Å². The van der Waals surface area contributed by atoms with Gasteiger partial charge in [0.25, 0.3) is 6.47 Å². The van der Waals surface area contributed by atoms with Gasteiger partial charge in [0.2, 0.25) is 0 Å². The molecular formula is C65H129NO14. The van der Waals surface area contributed by atoms with Gasteiger partial charge in [-0.1, -0.05) is 237 Å². The molecule has 1 heterocycles. The molecule has 0 spiro atoms. The Hall–Kier alpha value is -3.75. The van der Waals surface area contributed by atoms with E-state index in [2.05, 4.69) is 53.2 Å². The monoisotopic (exact) mass is 1150 g/mol. The summed E-state index contributed by atoms with van der Waals surface area (Å²) in [5.74, 6) is -3.16. The van der Waals surface area contributed by atoms with Crippen LogP contribution in [0, 0.1) is 11.8 Å². The summed E-state index contributed by atoms with van der Waals surface area (Å²) >= 11 is 0. The standard InChI is InChI=1S/C24H41NO7.C15H26O6.C9H20O.C9H20.C4H10.2C2H6/c1-3-5-6-7-8-9-12-22(27)31-18-20(13-15-26)17-23(28)32-19-21-11-10-14-25(21)24(29)30-16-4-2;1-2-3-4-5-6-7-8-21-15(19)10-13(9-14(17)18)11-20-12-16;1-3-4-5-6-7-8-9-10-2;1-3-5-7-9-8-6-4-2;1-3-4-2;2*1-2/h15,20-21H,3-14,16-19H2,1-2H3;12-13H,2-11H2,1H3,(H,17,18);3-9H2,1-2H3;3-9H2,1-2H3;3-4H2,1-2H3;2*1-2H3. The van der Waals surface area contributed by atoms with E-state index in [4.69, 9.17) is 28.8 Å². The van der Waals surface area contributed by atoms with Gasteiger partial charge in [0.1, 0.15) is 12.9 Å². The third kappa shape index (κ3) is 72.3. The van der Waals surface area contributed by atoms with Crippen molar-refractivity contribution in [2.24, 2.45) is 11.8 Å². The second kappa shape index (κ2) is 77.3. The maximum absolute atomic E-state index is 12.3. The molecule has 1 N–H and O–H groups in total. The van der Waals surface area contributed by atoms with Crippen LogP contribution >= 0.6 is 0 Å². The molecule has 1 saturated heterocycles. The summed E-state index contributed by atoms with van der Waals surface area (Å²) in [4.78, 5) is 81.2. The number of unbranched alkanes of at least 4 members (excludes halogenated alkanes) is 22. The number of hydrogen-bond acceptors (Lipinski definition) is 13. The van der Waals surface area contributed by atoms with Crippen LogP contribution < -0.4 is 0 Å². The third-order valence-corrected chi connectivity index (χ3v) is 12.6. The topological polar surface area (TPSA) is 198 Å². The van der Waals surface area contributed by atoms with E-state index >= 15 is 0 Å². The molecule has 1 aliphatic rings. The lowest BCUT2D eigenvalue weighted by atomic mass is 10.0. The number of likely N-dealkylation sites (tertiary alicyclic amines) is 1. The van der Waals surface area contributed by atoms with Gasteiger partial charge in [-0.3, -0.25) is 24.0 Å². The van der Waals surface area contributed by atoms with E-state index in [9.17, 15) is 33.6 Å². The maximum atomic E-state index is 12.3. The van der Waals surface area contributed by atoms with E-state index in [1.807, 2.05) is 34.6 Å². The predicted octanol–water partition coefficient (Wildman–Crippen LogP) is 17.6. The lowest BCUT2D eigenvalue weighted by molar-refractivity contribution is -0.151. The molecule has 1 amide bonds. The molecule has 0 aromatic carbocycles. The van der Waals surface area contributed by atoms with Gasteiger partial charge in [0, 0.05) is 44.9 Å². The van der Waals surface area contributed by atoms with Crippen molar-refractivity contribution in [2.45, 2.75) is 314 Å². The van der Waals surface area contributed by atoms with Crippen molar-refractivity contribution in [3.63, 3.8) is 0 Å². The van der Waals surface area contributed by atoms with Crippen LogP contribution in [-0.2, 0) is 57.2 Å². The smallest absolute Gasteiger partial charge is 0.410 e. The van der Waals surface area contributed by atoms with E-state index in [-0.39, 0.29) is 70.1 Å². The highest BCUT2D eigenvalue weighted by Crippen LogP contribution is 2.20. The van der Waals surface area contributed by atoms with Crippen LogP contribution in [-0.4, -0.2) is 112 Å². The highest BCUT2D eigenvalue weighted by Gasteiger charge is 2.31. The quantitative estimate of drug-likeness (QED) is 0.0261. The lowest BCUT2D eigenvalue weighted by Gasteiger charge is -2.24. The number of ether oxygens (including phenoxy) is 6. The molecular weight excluding hydrogens is 1020 g/mol. The second-order valence-corrected chi connectivity index (χ2v) is 20.1. The van der Waals surface area contributed by atoms with Gasteiger partial charge in [0.05, 0.1) is 51.7 Å². The summed E-state index contributed by atoms with van der Waals surface area (Å²) < 4.78 is 30.3.